The summed E-state index contributed by atoms with van der Waals surface area (Å²) in [4.78, 5) is 28.6. The lowest BCUT2D eigenvalue weighted by Gasteiger charge is -2.28. The number of imidazole rings is 1. The molecule has 5 aromatic rings. The Morgan fingerprint density at radius 2 is 1.77 bits per heavy atom. The van der Waals surface area contributed by atoms with Gasteiger partial charge in [0.2, 0.25) is 0 Å². The van der Waals surface area contributed by atoms with Gasteiger partial charge in [-0.15, -0.1) is 0 Å². The van der Waals surface area contributed by atoms with Crippen molar-refractivity contribution >= 4 is 28.3 Å². The van der Waals surface area contributed by atoms with Gasteiger partial charge in [0.1, 0.15) is 0 Å². The molecule has 4 heterocycles. The molecule has 9 heteroatoms. The van der Waals surface area contributed by atoms with Crippen molar-refractivity contribution in [2.45, 2.75) is 18.9 Å². The standard InChI is InChI=1S/C30H29N5O4/c1-38-30(37)27(36)22-8-6-21(7-9-22)26-18-31-28(34-14-16-39-17-15-34)29-33-24(19-35(26)29)13-12-23-11-10-20-4-2-3-5-25(20)32-23/h2-11,18-19,27,36H,12-17H2,1H3. The van der Waals surface area contributed by atoms with Crippen LogP contribution in [0.3, 0.4) is 0 Å². The molecule has 1 saturated heterocycles. The second kappa shape index (κ2) is 10.8. The number of methoxy groups -OCH3 is 1. The number of ether oxygens (including phenoxy) is 2. The van der Waals surface area contributed by atoms with Crippen LogP contribution < -0.4 is 4.90 Å². The van der Waals surface area contributed by atoms with Gasteiger partial charge in [0, 0.05) is 35.9 Å². The maximum Gasteiger partial charge on any atom is 0.339 e. The highest BCUT2D eigenvalue weighted by atomic mass is 16.5. The summed E-state index contributed by atoms with van der Waals surface area (Å²) in [7, 11) is 1.25. The number of para-hydroxylation sites is 1. The number of carbonyl (C=O) groups is 1. The zero-order valence-corrected chi connectivity index (χ0v) is 21.7. The molecule has 0 aliphatic carbocycles. The molecule has 1 aliphatic heterocycles. The van der Waals surface area contributed by atoms with Gasteiger partial charge >= 0.3 is 5.97 Å². The summed E-state index contributed by atoms with van der Waals surface area (Å²) in [6, 6.07) is 19.5. The Morgan fingerprint density at radius 3 is 2.56 bits per heavy atom. The number of aromatic nitrogens is 4. The van der Waals surface area contributed by atoms with Gasteiger partial charge in [0.15, 0.2) is 17.6 Å². The Hall–Kier alpha value is -4.34. The predicted octanol–water partition coefficient (Wildman–Crippen LogP) is 3.77. The molecule has 6 rings (SSSR count). The molecule has 0 spiro atoms. The van der Waals surface area contributed by atoms with Crippen molar-refractivity contribution in [1.29, 1.82) is 0 Å². The van der Waals surface area contributed by atoms with Crippen LogP contribution in [0, 0.1) is 0 Å². The monoisotopic (exact) mass is 523 g/mol. The van der Waals surface area contributed by atoms with Crippen LogP contribution >= 0.6 is 0 Å². The van der Waals surface area contributed by atoms with Gasteiger partial charge in [0.05, 0.1) is 43.4 Å². The molecular formula is C30H29N5O4. The van der Waals surface area contributed by atoms with Crippen molar-refractivity contribution < 1.29 is 19.4 Å². The Morgan fingerprint density at radius 1 is 1.00 bits per heavy atom. The minimum atomic E-state index is -1.32. The summed E-state index contributed by atoms with van der Waals surface area (Å²) in [5, 5.41) is 11.3. The van der Waals surface area contributed by atoms with Crippen LogP contribution in [-0.2, 0) is 27.1 Å². The van der Waals surface area contributed by atoms with Crippen LogP contribution in [0.15, 0.2) is 73.1 Å². The van der Waals surface area contributed by atoms with E-state index in [2.05, 4.69) is 38.4 Å². The molecule has 0 saturated carbocycles. The van der Waals surface area contributed by atoms with E-state index in [0.717, 1.165) is 70.9 Å². The summed E-state index contributed by atoms with van der Waals surface area (Å²) >= 11 is 0. The largest absolute Gasteiger partial charge is 0.467 e. The summed E-state index contributed by atoms with van der Waals surface area (Å²) < 4.78 is 12.3. The summed E-state index contributed by atoms with van der Waals surface area (Å²) in [5.74, 6) is 0.136. The molecule has 39 heavy (non-hydrogen) atoms. The number of anilines is 1. The van der Waals surface area contributed by atoms with Gasteiger partial charge in [-0.1, -0.05) is 48.5 Å². The predicted molar refractivity (Wildman–Crippen MR) is 148 cm³/mol. The van der Waals surface area contributed by atoms with E-state index in [0.29, 0.717) is 18.8 Å². The lowest BCUT2D eigenvalue weighted by atomic mass is 10.1. The van der Waals surface area contributed by atoms with E-state index in [-0.39, 0.29) is 0 Å². The van der Waals surface area contributed by atoms with E-state index in [1.54, 1.807) is 12.1 Å². The molecule has 9 nitrogen and oxygen atoms in total. The van der Waals surface area contributed by atoms with E-state index in [4.69, 9.17) is 19.7 Å². The Bertz CT molecular complexity index is 1630. The van der Waals surface area contributed by atoms with Crippen LogP contribution in [0.1, 0.15) is 23.1 Å². The molecule has 3 aromatic heterocycles. The van der Waals surface area contributed by atoms with E-state index in [1.807, 2.05) is 36.5 Å². The highest BCUT2D eigenvalue weighted by molar-refractivity contribution is 5.78. The molecule has 2 aromatic carbocycles. The molecule has 1 unspecified atom stereocenters. The minimum absolute atomic E-state index is 0.467. The number of esters is 1. The zero-order valence-electron chi connectivity index (χ0n) is 21.7. The molecule has 0 radical (unpaired) electrons. The topological polar surface area (TPSA) is 102 Å². The fourth-order valence-corrected chi connectivity index (χ4v) is 4.93. The van der Waals surface area contributed by atoms with E-state index in [9.17, 15) is 9.90 Å². The quantitative estimate of drug-likeness (QED) is 0.322. The second-order valence-electron chi connectivity index (χ2n) is 9.54. The van der Waals surface area contributed by atoms with E-state index in [1.165, 1.54) is 7.11 Å². The smallest absolute Gasteiger partial charge is 0.339 e. The van der Waals surface area contributed by atoms with Crippen LogP contribution in [0.2, 0.25) is 0 Å². The van der Waals surface area contributed by atoms with Gasteiger partial charge in [-0.25, -0.2) is 14.8 Å². The van der Waals surface area contributed by atoms with Gasteiger partial charge in [0.25, 0.3) is 0 Å². The first kappa shape index (κ1) is 25.0. The number of aliphatic hydroxyl groups is 1. The van der Waals surface area contributed by atoms with E-state index >= 15 is 0 Å². The third kappa shape index (κ3) is 5.06. The van der Waals surface area contributed by atoms with Crippen molar-refractivity contribution in [3.63, 3.8) is 0 Å². The summed E-state index contributed by atoms with van der Waals surface area (Å²) in [5.41, 5.74) is 5.98. The lowest BCUT2D eigenvalue weighted by Crippen LogP contribution is -2.37. The molecule has 1 N–H and O–H groups in total. The van der Waals surface area contributed by atoms with Crippen LogP contribution in [0.5, 0.6) is 0 Å². The average Bonchev–Trinajstić information content (AvgIpc) is 3.43. The third-order valence-electron chi connectivity index (χ3n) is 7.08. The minimum Gasteiger partial charge on any atom is -0.467 e. The molecule has 0 bridgehead atoms. The number of nitrogens with zero attached hydrogens (tertiary/aromatic N) is 5. The van der Waals surface area contributed by atoms with Gasteiger partial charge in [-0.05, 0) is 30.5 Å². The number of morpholine rings is 1. The number of carbonyl (C=O) groups excluding carboxylic acids is 1. The number of hydrogen-bond acceptors (Lipinski definition) is 8. The van der Waals surface area contributed by atoms with Crippen molar-refractivity contribution in [1.82, 2.24) is 19.4 Å². The van der Waals surface area contributed by atoms with Crippen molar-refractivity contribution in [3.8, 4) is 11.3 Å². The van der Waals surface area contributed by atoms with Crippen LogP contribution in [0.25, 0.3) is 27.8 Å². The molecule has 0 amide bonds. The first-order valence-electron chi connectivity index (χ1n) is 13.0. The maximum atomic E-state index is 11.7. The zero-order chi connectivity index (χ0) is 26.8. The third-order valence-corrected chi connectivity index (χ3v) is 7.08. The molecule has 1 atom stereocenters. The van der Waals surface area contributed by atoms with Gasteiger partial charge < -0.3 is 19.5 Å². The number of aliphatic hydroxyl groups excluding tert-OH is 1. The molecule has 1 fully saturated rings. The van der Waals surface area contributed by atoms with Gasteiger partial charge in [-0.2, -0.15) is 0 Å². The molecular weight excluding hydrogens is 494 g/mol. The van der Waals surface area contributed by atoms with Gasteiger partial charge in [-0.3, -0.25) is 9.38 Å². The second-order valence-corrected chi connectivity index (χ2v) is 9.54. The highest BCUT2D eigenvalue weighted by Gasteiger charge is 2.21. The number of fused-ring (bicyclic) bond motifs is 2. The van der Waals surface area contributed by atoms with Crippen LogP contribution in [-0.4, -0.2) is 63.8 Å². The normalized spacial score (nSPS) is 14.6. The Balaban J connectivity index is 1.34. The fraction of sp³-hybridized carbons (Fsp3) is 0.267. The number of benzene rings is 2. The SMILES string of the molecule is COC(=O)C(O)c1ccc(-c2cnc(N3CCOCC3)c3nc(CCc4ccc5ccccc5n4)cn23)cc1. The number of aryl methyl sites for hydroxylation is 2. The van der Waals surface area contributed by atoms with Crippen LogP contribution in [0.4, 0.5) is 5.82 Å². The first-order chi connectivity index (χ1) is 19.1. The average molecular weight is 524 g/mol. The maximum absolute atomic E-state index is 11.7. The van der Waals surface area contributed by atoms with Crippen molar-refractivity contribution in [2.75, 3.05) is 38.3 Å². The first-order valence-corrected chi connectivity index (χ1v) is 13.0. The number of pyridine rings is 1. The summed E-state index contributed by atoms with van der Waals surface area (Å²) in [6.45, 7) is 2.82. The van der Waals surface area contributed by atoms with Crippen molar-refractivity contribution in [2.24, 2.45) is 0 Å². The fourth-order valence-electron chi connectivity index (χ4n) is 4.93. The van der Waals surface area contributed by atoms with E-state index < -0.39 is 12.1 Å². The number of hydrogen-bond donors (Lipinski definition) is 1. The number of rotatable bonds is 7. The highest BCUT2D eigenvalue weighted by Crippen LogP contribution is 2.28. The summed E-state index contributed by atoms with van der Waals surface area (Å²) in [6.07, 6.45) is 4.09. The van der Waals surface area contributed by atoms with Crippen molar-refractivity contribution in [3.05, 3.63) is 90.0 Å². The molecule has 198 valence electrons. The lowest BCUT2D eigenvalue weighted by molar-refractivity contribution is -0.150. The Labute approximate surface area is 225 Å². The molecule has 1 aliphatic rings. The Kier molecular flexibility index (Phi) is 6.91.